The van der Waals surface area contributed by atoms with Crippen LogP contribution in [0.3, 0.4) is 0 Å². The first kappa shape index (κ1) is 28.6. The van der Waals surface area contributed by atoms with E-state index in [1.165, 1.54) is 54.4 Å². The van der Waals surface area contributed by atoms with Gasteiger partial charge in [-0.3, -0.25) is 4.79 Å². The Balaban J connectivity index is 0.00000165. The van der Waals surface area contributed by atoms with Crippen LogP contribution in [-0.4, -0.2) is 5.78 Å². The maximum Gasteiger partial charge on any atom is 0.163 e. The zero-order valence-corrected chi connectivity index (χ0v) is 23.5. The van der Waals surface area contributed by atoms with Crippen molar-refractivity contribution in [3.05, 3.63) is 119 Å². The van der Waals surface area contributed by atoms with Gasteiger partial charge < -0.3 is 0 Å². The predicted octanol–water partition coefficient (Wildman–Crippen LogP) is 10.3. The first-order valence-corrected chi connectivity index (χ1v) is 14.5. The van der Waals surface area contributed by atoms with Crippen LogP contribution in [-0.2, 0) is 11.2 Å². The zero-order chi connectivity index (χ0) is 26.6. The fourth-order valence-electron chi connectivity index (χ4n) is 5.83. The summed E-state index contributed by atoms with van der Waals surface area (Å²) in [6.07, 6.45) is 17.8. The molecule has 198 valence electrons. The van der Waals surface area contributed by atoms with Gasteiger partial charge in [0.15, 0.2) is 5.78 Å². The molecule has 0 amide bonds. The quantitative estimate of drug-likeness (QED) is 0.355. The molecule has 2 aliphatic carbocycles. The number of ketones is 1. The molecule has 1 fully saturated rings. The lowest BCUT2D eigenvalue weighted by molar-refractivity contribution is -0.117. The van der Waals surface area contributed by atoms with Gasteiger partial charge >= 0.3 is 0 Å². The summed E-state index contributed by atoms with van der Waals surface area (Å²) in [5.41, 5.74) is 7.42. The van der Waals surface area contributed by atoms with Crippen molar-refractivity contribution in [2.45, 2.75) is 90.9 Å². The molecular formula is C36H48O. The molecule has 0 bridgehead atoms. The topological polar surface area (TPSA) is 17.1 Å². The van der Waals surface area contributed by atoms with E-state index >= 15 is 0 Å². The van der Waals surface area contributed by atoms with Crippen LogP contribution in [0.4, 0.5) is 0 Å². The molecule has 4 rings (SSSR count). The van der Waals surface area contributed by atoms with Gasteiger partial charge in [0.1, 0.15) is 0 Å². The van der Waals surface area contributed by atoms with Gasteiger partial charge in [0.2, 0.25) is 0 Å². The van der Waals surface area contributed by atoms with Crippen LogP contribution in [0.1, 0.15) is 103 Å². The summed E-state index contributed by atoms with van der Waals surface area (Å²) in [5.74, 6) is 0.913. The molecule has 0 aliphatic heterocycles. The van der Waals surface area contributed by atoms with E-state index in [0.717, 1.165) is 36.3 Å². The van der Waals surface area contributed by atoms with Crippen molar-refractivity contribution in [2.75, 3.05) is 0 Å². The summed E-state index contributed by atoms with van der Waals surface area (Å²) in [5, 5.41) is 0. The van der Waals surface area contributed by atoms with E-state index < -0.39 is 0 Å². The predicted molar refractivity (Wildman–Crippen MR) is 162 cm³/mol. The van der Waals surface area contributed by atoms with Gasteiger partial charge in [0, 0.05) is 1.43 Å². The SMILES string of the molecule is C=C1/C(=C\C=C(/C)Cc2ccc(C3CCCCC3)cc2)C=CC(=O)C1C(CCC)c1ccccc1.CC.[HH]. The Labute approximate surface area is 227 Å². The fraction of sp³-hybridized carbons (Fsp3) is 0.417. The first-order valence-electron chi connectivity index (χ1n) is 14.5. The molecule has 1 heteroatoms. The van der Waals surface area contributed by atoms with Crippen LogP contribution in [0.25, 0.3) is 0 Å². The average molecular weight is 497 g/mol. The van der Waals surface area contributed by atoms with Gasteiger partial charge in [-0.1, -0.05) is 131 Å². The summed E-state index contributed by atoms with van der Waals surface area (Å²) in [6, 6.07) is 19.7. The molecule has 0 radical (unpaired) electrons. The molecule has 37 heavy (non-hydrogen) atoms. The minimum atomic E-state index is -0.186. The number of benzene rings is 2. The Morgan fingerprint density at radius 3 is 2.32 bits per heavy atom. The van der Waals surface area contributed by atoms with Crippen LogP contribution in [0.2, 0.25) is 0 Å². The summed E-state index contributed by atoms with van der Waals surface area (Å²) in [4.78, 5) is 13.0. The van der Waals surface area contributed by atoms with Gasteiger partial charge in [0.25, 0.3) is 0 Å². The highest BCUT2D eigenvalue weighted by Crippen LogP contribution is 2.39. The average Bonchev–Trinajstić information content (AvgIpc) is 2.94. The minimum Gasteiger partial charge on any atom is -0.294 e. The van der Waals surface area contributed by atoms with Gasteiger partial charge in [-0.05, 0) is 78.4 Å². The first-order chi connectivity index (χ1) is 18.1. The smallest absolute Gasteiger partial charge is 0.163 e. The molecule has 2 unspecified atom stereocenters. The lowest BCUT2D eigenvalue weighted by atomic mass is 9.72. The summed E-state index contributed by atoms with van der Waals surface area (Å²) in [7, 11) is 0. The monoisotopic (exact) mass is 496 g/mol. The Morgan fingerprint density at radius 1 is 1.00 bits per heavy atom. The van der Waals surface area contributed by atoms with Gasteiger partial charge in [-0.25, -0.2) is 0 Å². The lowest BCUT2D eigenvalue weighted by Gasteiger charge is -2.30. The molecular weight excluding hydrogens is 448 g/mol. The van der Waals surface area contributed by atoms with Crippen LogP contribution in [0.5, 0.6) is 0 Å². The molecule has 1 nitrogen and oxygen atoms in total. The molecule has 0 heterocycles. The maximum absolute atomic E-state index is 13.0. The summed E-state index contributed by atoms with van der Waals surface area (Å²) in [6.45, 7) is 12.8. The molecule has 0 aromatic heterocycles. The van der Waals surface area contributed by atoms with Crippen molar-refractivity contribution in [1.82, 2.24) is 0 Å². The van der Waals surface area contributed by atoms with E-state index in [1.54, 1.807) is 6.08 Å². The lowest BCUT2D eigenvalue weighted by Crippen LogP contribution is -2.26. The maximum atomic E-state index is 13.0. The normalized spacial score (nSPS) is 20.5. The number of rotatable bonds is 8. The second-order valence-electron chi connectivity index (χ2n) is 10.4. The molecule has 0 spiro atoms. The van der Waals surface area contributed by atoms with Crippen molar-refractivity contribution in [2.24, 2.45) is 5.92 Å². The van der Waals surface area contributed by atoms with Crippen molar-refractivity contribution >= 4 is 5.78 Å². The Bertz CT molecular complexity index is 1100. The van der Waals surface area contributed by atoms with Crippen LogP contribution < -0.4 is 0 Å². The highest BCUT2D eigenvalue weighted by atomic mass is 16.1. The second-order valence-corrected chi connectivity index (χ2v) is 10.4. The van der Waals surface area contributed by atoms with Gasteiger partial charge in [-0.15, -0.1) is 0 Å². The molecule has 0 N–H and O–H groups in total. The van der Waals surface area contributed by atoms with Crippen molar-refractivity contribution in [1.29, 1.82) is 0 Å². The number of allylic oxidation sites excluding steroid dienone is 7. The van der Waals surface area contributed by atoms with E-state index in [9.17, 15) is 4.79 Å². The van der Waals surface area contributed by atoms with Gasteiger partial charge in [-0.2, -0.15) is 0 Å². The molecule has 2 aliphatic rings. The van der Waals surface area contributed by atoms with E-state index in [0.29, 0.717) is 0 Å². The van der Waals surface area contributed by atoms with Crippen molar-refractivity contribution in [3.8, 4) is 0 Å². The standard InChI is InChI=1S/C34H40O.C2H6.H2/c1-4-11-32(31-14-9-6-10-15-31)34-26(3)28(22-23-33(34)35)19-16-25(2)24-27-17-20-30(21-18-27)29-12-7-5-8-13-29;1-2;/h6,9-10,14-23,29,32,34H,3-5,7-8,11-13,24H2,1-2H3;1-2H3;1H/b25-16+,28-19-;;. The number of hydrogen-bond donors (Lipinski definition) is 0. The Hall–Kier alpha value is -2.93. The molecule has 0 saturated heterocycles. The number of carbonyl (C=O) groups is 1. The van der Waals surface area contributed by atoms with E-state index in [-0.39, 0.29) is 19.0 Å². The largest absolute Gasteiger partial charge is 0.294 e. The zero-order valence-electron chi connectivity index (χ0n) is 23.5. The summed E-state index contributed by atoms with van der Waals surface area (Å²) >= 11 is 0. The third-order valence-electron chi connectivity index (χ3n) is 7.80. The van der Waals surface area contributed by atoms with Crippen LogP contribution in [0.15, 0.2) is 102 Å². The van der Waals surface area contributed by atoms with E-state index in [1.807, 2.05) is 26.0 Å². The molecule has 2 aromatic carbocycles. The van der Waals surface area contributed by atoms with Crippen molar-refractivity contribution in [3.63, 3.8) is 0 Å². The van der Waals surface area contributed by atoms with Crippen LogP contribution >= 0.6 is 0 Å². The van der Waals surface area contributed by atoms with Crippen LogP contribution in [0, 0.1) is 5.92 Å². The number of hydrogen-bond acceptors (Lipinski definition) is 1. The highest BCUT2D eigenvalue weighted by Gasteiger charge is 2.33. The molecule has 1 saturated carbocycles. The third kappa shape index (κ3) is 7.78. The minimum absolute atomic E-state index is 0. The highest BCUT2D eigenvalue weighted by molar-refractivity contribution is 5.98. The Morgan fingerprint density at radius 2 is 1.68 bits per heavy atom. The second kappa shape index (κ2) is 14.7. The van der Waals surface area contributed by atoms with E-state index in [2.05, 4.69) is 81.1 Å². The summed E-state index contributed by atoms with van der Waals surface area (Å²) < 4.78 is 0. The Kier molecular flexibility index (Phi) is 11.4. The molecule has 2 aromatic rings. The number of carbonyl (C=O) groups excluding carboxylic acids is 1. The van der Waals surface area contributed by atoms with E-state index in [4.69, 9.17) is 0 Å². The fourth-order valence-corrected chi connectivity index (χ4v) is 5.83. The molecule has 2 atom stereocenters. The third-order valence-corrected chi connectivity index (χ3v) is 7.80. The van der Waals surface area contributed by atoms with Gasteiger partial charge in [0.05, 0.1) is 5.92 Å². The van der Waals surface area contributed by atoms with Crippen molar-refractivity contribution < 1.29 is 6.22 Å².